The minimum atomic E-state index is 0.158. The topological polar surface area (TPSA) is 78.1 Å². The van der Waals surface area contributed by atoms with Crippen molar-refractivity contribution in [3.05, 3.63) is 60.2 Å². The Bertz CT molecular complexity index is 906. The van der Waals surface area contributed by atoms with Crippen molar-refractivity contribution < 1.29 is 14.1 Å². The number of hydrogen-bond donors (Lipinski definition) is 0. The normalized spacial score (nSPS) is 19.8. The molecule has 6 nitrogen and oxygen atoms in total. The number of benzene rings is 1. The molecule has 3 aromatic rings. The van der Waals surface area contributed by atoms with Crippen LogP contribution in [0.2, 0.25) is 0 Å². The summed E-state index contributed by atoms with van der Waals surface area (Å²) < 4.78 is 11.3. The summed E-state index contributed by atoms with van der Waals surface area (Å²) in [6.45, 7) is 2.54. The fraction of sp³-hybridized carbons (Fsp3) is 0.333. The lowest BCUT2D eigenvalue weighted by Gasteiger charge is -2.24. The summed E-state index contributed by atoms with van der Waals surface area (Å²) in [4.78, 5) is 20.2. The predicted octanol–water partition coefficient (Wildman–Crippen LogP) is 4.18. The van der Waals surface area contributed by atoms with Crippen LogP contribution in [0.25, 0.3) is 11.4 Å². The number of rotatable bonds is 5. The molecule has 2 atom stereocenters. The zero-order valence-electron chi connectivity index (χ0n) is 15.2. The van der Waals surface area contributed by atoms with Gasteiger partial charge in [0.1, 0.15) is 18.1 Å². The summed E-state index contributed by atoms with van der Waals surface area (Å²) >= 11 is 0. The van der Waals surface area contributed by atoms with Crippen LogP contribution in [0.15, 0.2) is 53.3 Å². The molecule has 1 aromatic carbocycles. The average molecular weight is 363 g/mol. The highest BCUT2D eigenvalue weighted by Gasteiger charge is 2.31. The first-order valence-corrected chi connectivity index (χ1v) is 9.16. The molecule has 1 aliphatic carbocycles. The molecule has 4 rings (SSSR count). The Morgan fingerprint density at radius 3 is 2.81 bits per heavy atom. The lowest BCUT2D eigenvalue weighted by molar-refractivity contribution is -0.121. The molecular weight excluding hydrogens is 342 g/mol. The number of Topliss-reactive ketones (excluding diaryl/α,β-unsaturated/α-hetero) is 1. The first kappa shape index (κ1) is 17.4. The molecule has 27 heavy (non-hydrogen) atoms. The summed E-state index contributed by atoms with van der Waals surface area (Å²) in [5.74, 6) is 2.68. The van der Waals surface area contributed by atoms with Gasteiger partial charge in [-0.3, -0.25) is 9.78 Å². The Morgan fingerprint density at radius 2 is 2.07 bits per heavy atom. The molecule has 0 saturated heterocycles. The van der Waals surface area contributed by atoms with Crippen molar-refractivity contribution in [2.24, 2.45) is 5.92 Å². The molecule has 0 N–H and O–H groups in total. The Hall–Kier alpha value is -3.02. The van der Waals surface area contributed by atoms with E-state index in [9.17, 15) is 4.79 Å². The molecule has 2 aromatic heterocycles. The van der Waals surface area contributed by atoms with Crippen LogP contribution in [-0.2, 0) is 11.4 Å². The molecule has 138 valence electrons. The molecule has 0 radical (unpaired) electrons. The number of pyridine rings is 1. The molecule has 2 heterocycles. The van der Waals surface area contributed by atoms with E-state index in [1.807, 2.05) is 36.4 Å². The van der Waals surface area contributed by atoms with Crippen LogP contribution in [0.1, 0.15) is 43.6 Å². The summed E-state index contributed by atoms with van der Waals surface area (Å²) in [6.07, 6.45) is 5.49. The number of carbonyl (C=O) groups excluding carboxylic acids is 1. The van der Waals surface area contributed by atoms with Crippen molar-refractivity contribution >= 4 is 5.78 Å². The van der Waals surface area contributed by atoms with E-state index in [-0.39, 0.29) is 11.8 Å². The number of hydrogen-bond acceptors (Lipinski definition) is 6. The molecule has 0 spiro atoms. The van der Waals surface area contributed by atoms with Crippen molar-refractivity contribution in [1.82, 2.24) is 15.1 Å². The minimum absolute atomic E-state index is 0.158. The van der Waals surface area contributed by atoms with Gasteiger partial charge in [-0.15, -0.1) is 0 Å². The van der Waals surface area contributed by atoms with Gasteiger partial charge in [0, 0.05) is 42.3 Å². The Kier molecular flexibility index (Phi) is 4.96. The van der Waals surface area contributed by atoms with Crippen LogP contribution in [0.4, 0.5) is 0 Å². The van der Waals surface area contributed by atoms with Crippen molar-refractivity contribution in [3.8, 4) is 17.1 Å². The minimum Gasteiger partial charge on any atom is -0.489 e. The summed E-state index contributed by atoms with van der Waals surface area (Å²) in [5.41, 5.74) is 1.89. The number of aromatic nitrogens is 3. The van der Waals surface area contributed by atoms with E-state index < -0.39 is 0 Å². The Balaban J connectivity index is 1.42. The average Bonchev–Trinajstić information content (AvgIpc) is 3.17. The summed E-state index contributed by atoms with van der Waals surface area (Å²) in [7, 11) is 0. The van der Waals surface area contributed by atoms with Gasteiger partial charge in [0.2, 0.25) is 11.7 Å². The van der Waals surface area contributed by atoms with Gasteiger partial charge < -0.3 is 9.26 Å². The highest BCUT2D eigenvalue weighted by molar-refractivity contribution is 5.79. The first-order chi connectivity index (χ1) is 13.2. The number of ether oxygens (including phenoxy) is 1. The fourth-order valence-electron chi connectivity index (χ4n) is 3.42. The van der Waals surface area contributed by atoms with Gasteiger partial charge in [-0.2, -0.15) is 4.98 Å². The van der Waals surface area contributed by atoms with Crippen molar-refractivity contribution in [3.63, 3.8) is 0 Å². The van der Waals surface area contributed by atoms with Crippen LogP contribution in [0.5, 0.6) is 5.75 Å². The Labute approximate surface area is 157 Å². The standard InChI is InChI=1S/C21H21N3O3/c1-14-11-17(25)6-9-19(14)21-23-20(24-27-21)16-4-7-18(8-5-16)26-13-15-3-2-10-22-12-15/h2-5,7-8,10,12,14,19H,6,9,11,13H2,1H3/t14-,19+/m0/s1. The number of nitrogens with zero attached hydrogens (tertiary/aromatic N) is 3. The van der Waals surface area contributed by atoms with E-state index in [0.717, 1.165) is 23.3 Å². The second-order valence-electron chi connectivity index (χ2n) is 7.00. The third-order valence-corrected chi connectivity index (χ3v) is 4.97. The molecule has 0 unspecified atom stereocenters. The maximum absolute atomic E-state index is 11.6. The third kappa shape index (κ3) is 4.05. The smallest absolute Gasteiger partial charge is 0.230 e. The summed E-state index contributed by atoms with van der Waals surface area (Å²) in [5, 5.41) is 4.12. The van der Waals surface area contributed by atoms with Crippen LogP contribution in [-0.4, -0.2) is 20.9 Å². The molecule has 6 heteroatoms. The van der Waals surface area contributed by atoms with Crippen LogP contribution < -0.4 is 4.74 Å². The fourth-order valence-corrected chi connectivity index (χ4v) is 3.42. The lowest BCUT2D eigenvalue weighted by Crippen LogP contribution is -2.21. The zero-order valence-corrected chi connectivity index (χ0v) is 15.2. The lowest BCUT2D eigenvalue weighted by atomic mass is 9.80. The van der Waals surface area contributed by atoms with E-state index in [4.69, 9.17) is 9.26 Å². The van der Waals surface area contributed by atoms with Gasteiger partial charge in [0.05, 0.1) is 0 Å². The molecular formula is C21H21N3O3. The maximum Gasteiger partial charge on any atom is 0.230 e. The molecule has 1 saturated carbocycles. The number of carbonyl (C=O) groups is 1. The van der Waals surface area contributed by atoms with E-state index in [1.54, 1.807) is 12.4 Å². The van der Waals surface area contributed by atoms with Crippen molar-refractivity contribution in [1.29, 1.82) is 0 Å². The second kappa shape index (κ2) is 7.70. The van der Waals surface area contributed by atoms with Crippen LogP contribution >= 0.6 is 0 Å². The number of ketones is 1. The molecule has 0 aliphatic heterocycles. The maximum atomic E-state index is 11.6. The van der Waals surface area contributed by atoms with E-state index in [2.05, 4.69) is 22.0 Å². The van der Waals surface area contributed by atoms with Crippen molar-refractivity contribution in [2.75, 3.05) is 0 Å². The molecule has 0 bridgehead atoms. The van der Waals surface area contributed by atoms with Crippen LogP contribution in [0, 0.1) is 5.92 Å². The molecule has 1 aliphatic rings. The summed E-state index contributed by atoms with van der Waals surface area (Å²) in [6, 6.07) is 11.5. The largest absolute Gasteiger partial charge is 0.489 e. The third-order valence-electron chi connectivity index (χ3n) is 4.97. The van der Waals surface area contributed by atoms with Gasteiger partial charge in [-0.1, -0.05) is 18.1 Å². The monoisotopic (exact) mass is 363 g/mol. The van der Waals surface area contributed by atoms with Crippen molar-refractivity contribution in [2.45, 2.75) is 38.7 Å². The highest BCUT2D eigenvalue weighted by Crippen LogP contribution is 2.36. The SMILES string of the molecule is C[C@H]1CC(=O)CC[C@H]1c1nc(-c2ccc(OCc3cccnc3)cc2)no1. The quantitative estimate of drug-likeness (QED) is 0.676. The predicted molar refractivity (Wildman–Crippen MR) is 99.1 cm³/mol. The molecule has 1 fully saturated rings. The van der Waals surface area contributed by atoms with Gasteiger partial charge in [-0.25, -0.2) is 0 Å². The van der Waals surface area contributed by atoms with Gasteiger partial charge in [-0.05, 0) is 42.7 Å². The van der Waals surface area contributed by atoms with Crippen LogP contribution in [0.3, 0.4) is 0 Å². The second-order valence-corrected chi connectivity index (χ2v) is 7.00. The van der Waals surface area contributed by atoms with E-state index >= 15 is 0 Å². The van der Waals surface area contributed by atoms with E-state index in [0.29, 0.717) is 36.9 Å². The highest BCUT2D eigenvalue weighted by atomic mass is 16.5. The van der Waals surface area contributed by atoms with Gasteiger partial charge in [0.25, 0.3) is 0 Å². The Morgan fingerprint density at radius 1 is 1.22 bits per heavy atom. The zero-order chi connectivity index (χ0) is 18.6. The van der Waals surface area contributed by atoms with Gasteiger partial charge >= 0.3 is 0 Å². The molecule has 0 amide bonds. The van der Waals surface area contributed by atoms with Gasteiger partial charge in [0.15, 0.2) is 0 Å². The van der Waals surface area contributed by atoms with E-state index in [1.165, 1.54) is 0 Å². The first-order valence-electron chi connectivity index (χ1n) is 9.16.